The molecule has 1 N–H and O–H groups in total. The van der Waals surface area contributed by atoms with Crippen LogP contribution >= 0.6 is 0 Å². The van der Waals surface area contributed by atoms with Crippen molar-refractivity contribution in [1.82, 2.24) is 9.88 Å². The summed E-state index contributed by atoms with van der Waals surface area (Å²) >= 11 is 0. The van der Waals surface area contributed by atoms with Gasteiger partial charge in [0.2, 0.25) is 5.91 Å². The van der Waals surface area contributed by atoms with Crippen molar-refractivity contribution in [2.24, 2.45) is 5.92 Å². The van der Waals surface area contributed by atoms with Crippen LogP contribution in [0.4, 0.5) is 5.69 Å². The Hall–Kier alpha value is -3.89. The lowest BCUT2D eigenvalue weighted by Crippen LogP contribution is -2.37. The Morgan fingerprint density at radius 2 is 1.91 bits per heavy atom. The van der Waals surface area contributed by atoms with E-state index in [0.29, 0.717) is 24.7 Å². The number of nitro groups is 1. The molecule has 1 aromatic heterocycles. The third-order valence-corrected chi connectivity index (χ3v) is 5.12. The number of ether oxygens (including phenoxy) is 3. The van der Waals surface area contributed by atoms with Gasteiger partial charge in [-0.05, 0) is 23.6 Å². The molecular formula is C22H25N3O8. The van der Waals surface area contributed by atoms with Gasteiger partial charge in [0.25, 0.3) is 11.2 Å². The molecular weight excluding hydrogens is 434 g/mol. The third kappa shape index (κ3) is 5.48. The second-order valence-electron chi connectivity index (χ2n) is 7.84. The molecule has 0 aliphatic carbocycles. The zero-order valence-electron chi connectivity index (χ0n) is 18.5. The van der Waals surface area contributed by atoms with Crippen molar-refractivity contribution in [3.05, 3.63) is 62.1 Å². The molecule has 0 fully saturated rings. The molecule has 0 bridgehead atoms. The average Bonchev–Trinajstić information content (AvgIpc) is 3.02. The molecule has 1 amide bonds. The van der Waals surface area contributed by atoms with Gasteiger partial charge in [0, 0.05) is 12.5 Å². The van der Waals surface area contributed by atoms with E-state index in [1.165, 1.54) is 0 Å². The topological polar surface area (TPSA) is 139 Å². The van der Waals surface area contributed by atoms with Gasteiger partial charge in [-0.1, -0.05) is 19.9 Å². The first kappa shape index (κ1) is 23.8. The van der Waals surface area contributed by atoms with E-state index >= 15 is 0 Å². The van der Waals surface area contributed by atoms with Crippen molar-refractivity contribution < 1.29 is 28.7 Å². The van der Waals surface area contributed by atoms with Crippen LogP contribution in [0.15, 0.2) is 35.3 Å². The summed E-state index contributed by atoms with van der Waals surface area (Å²) in [7, 11) is 1.06. The minimum atomic E-state index is -1.02. The summed E-state index contributed by atoms with van der Waals surface area (Å²) in [6, 6.07) is 5.82. The predicted molar refractivity (Wildman–Crippen MR) is 116 cm³/mol. The highest BCUT2D eigenvalue weighted by molar-refractivity contribution is 5.89. The molecule has 0 saturated carbocycles. The highest BCUT2D eigenvalue weighted by Gasteiger charge is 2.24. The predicted octanol–water partition coefficient (Wildman–Crippen LogP) is 2.22. The molecule has 1 atom stereocenters. The van der Waals surface area contributed by atoms with Crippen LogP contribution in [0.5, 0.6) is 11.5 Å². The van der Waals surface area contributed by atoms with Gasteiger partial charge < -0.3 is 19.5 Å². The number of amides is 1. The molecule has 11 heteroatoms. The van der Waals surface area contributed by atoms with E-state index in [9.17, 15) is 24.5 Å². The number of hydrogen-bond acceptors (Lipinski definition) is 8. The smallest absolute Gasteiger partial charge is 0.343 e. The monoisotopic (exact) mass is 459 g/mol. The Morgan fingerprint density at radius 3 is 2.55 bits per heavy atom. The zero-order valence-corrected chi connectivity index (χ0v) is 18.5. The number of fused-ring (bicyclic) bond motifs is 1. The van der Waals surface area contributed by atoms with Crippen LogP contribution in [0.2, 0.25) is 0 Å². The van der Waals surface area contributed by atoms with Crippen molar-refractivity contribution in [2.45, 2.75) is 32.9 Å². The normalized spacial score (nSPS) is 13.7. The van der Waals surface area contributed by atoms with Crippen LogP contribution in [0.3, 0.4) is 0 Å². The molecule has 33 heavy (non-hydrogen) atoms. The van der Waals surface area contributed by atoms with E-state index < -0.39 is 46.2 Å². The number of methoxy groups -OCH3 is 1. The summed E-state index contributed by atoms with van der Waals surface area (Å²) in [4.78, 5) is 47.7. The standard InChI is InChI=1S/C22H25N3O8/c1-13(2)20(14-5-6-17-18(9-14)33-8-4-7-32-17)23-19(26)12-24-11-15(25(29)30)10-16(21(24)27)22(28)31-3/h5-6,9-11,13,20H,4,7-8,12H2,1-3H3,(H,23,26). The van der Waals surface area contributed by atoms with Gasteiger partial charge in [-0.3, -0.25) is 24.3 Å². The molecule has 176 valence electrons. The summed E-state index contributed by atoms with van der Waals surface area (Å²) in [6.07, 6.45) is 1.69. The van der Waals surface area contributed by atoms with Crippen LogP contribution in [0, 0.1) is 16.0 Å². The third-order valence-electron chi connectivity index (χ3n) is 5.12. The Morgan fingerprint density at radius 1 is 1.21 bits per heavy atom. The zero-order chi connectivity index (χ0) is 24.1. The largest absolute Gasteiger partial charge is 0.490 e. The van der Waals surface area contributed by atoms with Gasteiger partial charge >= 0.3 is 5.97 Å². The molecule has 1 aromatic carbocycles. The van der Waals surface area contributed by atoms with Crippen molar-refractivity contribution in [3.8, 4) is 11.5 Å². The van der Waals surface area contributed by atoms with Crippen LogP contribution in [-0.2, 0) is 16.1 Å². The number of nitrogens with one attached hydrogen (secondary N) is 1. The quantitative estimate of drug-likeness (QED) is 0.378. The Kier molecular flexibility index (Phi) is 7.31. The second kappa shape index (κ2) is 10.2. The maximum absolute atomic E-state index is 12.8. The molecule has 11 nitrogen and oxygen atoms in total. The van der Waals surface area contributed by atoms with Gasteiger partial charge in [0.15, 0.2) is 11.5 Å². The fourth-order valence-electron chi connectivity index (χ4n) is 3.48. The van der Waals surface area contributed by atoms with Crippen molar-refractivity contribution >= 4 is 17.6 Å². The lowest BCUT2D eigenvalue weighted by atomic mass is 9.95. The number of benzene rings is 1. The summed E-state index contributed by atoms with van der Waals surface area (Å²) < 4.78 is 16.7. The lowest BCUT2D eigenvalue weighted by molar-refractivity contribution is -0.385. The molecule has 1 aliphatic heterocycles. The number of pyridine rings is 1. The number of hydrogen-bond donors (Lipinski definition) is 1. The second-order valence-corrected chi connectivity index (χ2v) is 7.84. The number of carbonyl (C=O) groups is 2. The summed E-state index contributed by atoms with van der Waals surface area (Å²) in [5.74, 6) is -0.387. The highest BCUT2D eigenvalue weighted by atomic mass is 16.6. The fourth-order valence-corrected chi connectivity index (χ4v) is 3.48. The molecule has 3 rings (SSSR count). The van der Waals surface area contributed by atoms with Crippen LogP contribution in [-0.4, -0.2) is 41.7 Å². The first-order chi connectivity index (χ1) is 15.7. The molecule has 2 aromatic rings. The first-order valence-electron chi connectivity index (χ1n) is 10.4. The molecule has 0 saturated heterocycles. The van der Waals surface area contributed by atoms with Gasteiger partial charge in [-0.2, -0.15) is 0 Å². The van der Waals surface area contributed by atoms with Gasteiger partial charge in [-0.15, -0.1) is 0 Å². The molecule has 0 spiro atoms. The molecule has 2 heterocycles. The average molecular weight is 459 g/mol. The van der Waals surface area contributed by atoms with E-state index in [0.717, 1.165) is 35.9 Å². The van der Waals surface area contributed by atoms with Crippen LogP contribution in [0.1, 0.15) is 42.2 Å². The molecule has 1 unspecified atom stereocenters. The molecule has 0 radical (unpaired) electrons. The fraction of sp³-hybridized carbons (Fsp3) is 0.409. The SMILES string of the molecule is COC(=O)c1cc([N+](=O)[O-])cn(CC(=O)NC(c2ccc3c(c2)OCCCO3)C(C)C)c1=O. The summed E-state index contributed by atoms with van der Waals surface area (Å²) in [5, 5.41) is 14.1. The van der Waals surface area contributed by atoms with Gasteiger partial charge in [0.1, 0.15) is 12.1 Å². The minimum Gasteiger partial charge on any atom is -0.490 e. The van der Waals surface area contributed by atoms with Crippen molar-refractivity contribution in [1.29, 1.82) is 0 Å². The first-order valence-corrected chi connectivity index (χ1v) is 10.4. The minimum absolute atomic E-state index is 0.0221. The number of esters is 1. The Balaban J connectivity index is 1.86. The van der Waals surface area contributed by atoms with E-state index in [4.69, 9.17) is 9.47 Å². The van der Waals surface area contributed by atoms with E-state index in [-0.39, 0.29) is 5.92 Å². The Bertz CT molecular complexity index is 1130. The number of nitrogens with zero attached hydrogens (tertiary/aromatic N) is 2. The maximum Gasteiger partial charge on any atom is 0.343 e. The Labute approximate surface area is 189 Å². The number of carbonyl (C=O) groups excluding carboxylic acids is 2. The van der Waals surface area contributed by atoms with E-state index in [1.54, 1.807) is 12.1 Å². The van der Waals surface area contributed by atoms with Crippen LogP contribution in [0.25, 0.3) is 0 Å². The van der Waals surface area contributed by atoms with Crippen molar-refractivity contribution in [2.75, 3.05) is 20.3 Å². The summed E-state index contributed by atoms with van der Waals surface area (Å²) in [5.41, 5.74) is -1.11. The number of aromatic nitrogens is 1. The van der Waals surface area contributed by atoms with Gasteiger partial charge in [-0.25, -0.2) is 4.79 Å². The lowest BCUT2D eigenvalue weighted by Gasteiger charge is -2.24. The van der Waals surface area contributed by atoms with Gasteiger partial charge in [0.05, 0.1) is 37.5 Å². The maximum atomic E-state index is 12.8. The highest BCUT2D eigenvalue weighted by Crippen LogP contribution is 2.34. The number of rotatable bonds is 7. The van der Waals surface area contributed by atoms with Crippen molar-refractivity contribution in [3.63, 3.8) is 0 Å². The van der Waals surface area contributed by atoms with E-state index in [1.807, 2.05) is 19.9 Å². The molecule has 1 aliphatic rings. The van der Waals surface area contributed by atoms with Crippen LogP contribution < -0.4 is 20.3 Å². The summed E-state index contributed by atoms with van der Waals surface area (Å²) in [6.45, 7) is 4.40. The van der Waals surface area contributed by atoms with E-state index in [2.05, 4.69) is 10.1 Å².